The van der Waals surface area contributed by atoms with Crippen LogP contribution in [0.15, 0.2) is 4.52 Å². The highest BCUT2D eigenvalue weighted by atomic mass is 19.1. The van der Waals surface area contributed by atoms with Gasteiger partial charge in [0, 0.05) is 19.0 Å². The summed E-state index contributed by atoms with van der Waals surface area (Å²) < 4.78 is 24.4. The van der Waals surface area contributed by atoms with E-state index in [4.69, 9.17) is 9.26 Å². The van der Waals surface area contributed by atoms with E-state index >= 15 is 0 Å². The summed E-state index contributed by atoms with van der Waals surface area (Å²) in [6.45, 7) is 3.19. The number of piperidine rings is 1. The van der Waals surface area contributed by atoms with Crippen molar-refractivity contribution in [3.8, 4) is 0 Å². The average Bonchev–Trinajstić information content (AvgIpc) is 3.11. The number of alkyl halides is 1. The average molecular weight is 323 g/mol. The molecule has 2 saturated heterocycles. The van der Waals surface area contributed by atoms with Crippen molar-refractivity contribution in [2.24, 2.45) is 5.92 Å². The van der Waals surface area contributed by atoms with Gasteiger partial charge in [-0.05, 0) is 45.4 Å². The number of nitrogens with zero attached hydrogens (tertiary/aromatic N) is 3. The van der Waals surface area contributed by atoms with Crippen molar-refractivity contribution in [3.05, 3.63) is 11.7 Å². The van der Waals surface area contributed by atoms with Gasteiger partial charge in [0.15, 0.2) is 5.82 Å². The Morgan fingerprint density at radius 1 is 1.30 bits per heavy atom. The highest BCUT2D eigenvalue weighted by molar-refractivity contribution is 5.80. The van der Waals surface area contributed by atoms with E-state index in [1.165, 1.54) is 0 Å². The number of aromatic nitrogens is 2. The summed E-state index contributed by atoms with van der Waals surface area (Å²) in [5.74, 6) is 1.20. The van der Waals surface area contributed by atoms with Crippen LogP contribution in [0.5, 0.6) is 0 Å². The first-order chi connectivity index (χ1) is 11.0. The van der Waals surface area contributed by atoms with Crippen molar-refractivity contribution < 1.29 is 18.4 Å². The Hall–Kier alpha value is -1.50. The lowest BCUT2D eigenvalue weighted by atomic mass is 9.81. The van der Waals surface area contributed by atoms with Gasteiger partial charge in [0.2, 0.25) is 5.91 Å². The molecule has 3 fully saturated rings. The zero-order valence-corrected chi connectivity index (χ0v) is 13.3. The molecule has 3 aliphatic rings. The third kappa shape index (κ3) is 2.75. The van der Waals surface area contributed by atoms with Crippen molar-refractivity contribution in [1.82, 2.24) is 15.0 Å². The fourth-order valence-corrected chi connectivity index (χ4v) is 3.94. The fourth-order valence-electron chi connectivity index (χ4n) is 3.94. The first-order valence-corrected chi connectivity index (χ1v) is 8.46. The van der Waals surface area contributed by atoms with Crippen LogP contribution in [0, 0.1) is 12.8 Å². The van der Waals surface area contributed by atoms with Crippen molar-refractivity contribution in [3.63, 3.8) is 0 Å². The van der Waals surface area contributed by atoms with Gasteiger partial charge in [0.05, 0.1) is 5.60 Å². The van der Waals surface area contributed by atoms with Gasteiger partial charge in [-0.2, -0.15) is 4.98 Å². The number of aryl methyl sites for hydroxylation is 1. The number of amides is 1. The minimum Gasteiger partial charge on any atom is -0.362 e. The first-order valence-electron chi connectivity index (χ1n) is 8.46. The summed E-state index contributed by atoms with van der Waals surface area (Å²) in [4.78, 5) is 18.4. The van der Waals surface area contributed by atoms with Crippen molar-refractivity contribution in [1.29, 1.82) is 0 Å². The molecule has 3 heterocycles. The van der Waals surface area contributed by atoms with Crippen LogP contribution in [0.3, 0.4) is 0 Å². The van der Waals surface area contributed by atoms with Crippen molar-refractivity contribution >= 4 is 5.91 Å². The van der Waals surface area contributed by atoms with E-state index < -0.39 is 6.17 Å². The molecule has 0 N–H and O–H groups in total. The number of carbonyl (C=O) groups excluding carboxylic acids is 1. The zero-order chi connectivity index (χ0) is 16.0. The van der Waals surface area contributed by atoms with E-state index in [9.17, 15) is 9.18 Å². The van der Waals surface area contributed by atoms with E-state index in [1.807, 2.05) is 4.90 Å². The standard InChI is InChI=1S/C16H22FN3O3/c1-10-18-14(23-19-10)13-2-3-16(22-13)4-6-20(7-5-16)15(21)11-8-12(17)9-11/h11-13H,2-9H2,1H3. The van der Waals surface area contributed by atoms with Gasteiger partial charge >= 0.3 is 0 Å². The Morgan fingerprint density at radius 2 is 2.04 bits per heavy atom. The van der Waals surface area contributed by atoms with Crippen LogP contribution in [0.4, 0.5) is 4.39 Å². The maximum atomic E-state index is 12.9. The topological polar surface area (TPSA) is 68.5 Å². The predicted molar refractivity (Wildman–Crippen MR) is 78.3 cm³/mol. The van der Waals surface area contributed by atoms with Gasteiger partial charge in [-0.1, -0.05) is 5.16 Å². The molecule has 1 amide bonds. The van der Waals surface area contributed by atoms with Gasteiger partial charge in [0.1, 0.15) is 12.3 Å². The number of halogens is 1. The molecule has 2 aliphatic heterocycles. The van der Waals surface area contributed by atoms with Crippen LogP contribution in [0.2, 0.25) is 0 Å². The van der Waals surface area contributed by atoms with Gasteiger partial charge in [-0.25, -0.2) is 4.39 Å². The number of ether oxygens (including phenoxy) is 1. The van der Waals surface area contributed by atoms with Crippen LogP contribution in [0.25, 0.3) is 0 Å². The molecule has 1 aromatic heterocycles. The summed E-state index contributed by atoms with van der Waals surface area (Å²) in [5.41, 5.74) is -0.175. The Kier molecular flexibility index (Phi) is 3.63. The molecule has 126 valence electrons. The third-order valence-electron chi connectivity index (χ3n) is 5.49. The molecule has 1 atom stereocenters. The van der Waals surface area contributed by atoms with E-state index in [1.54, 1.807) is 6.92 Å². The maximum absolute atomic E-state index is 12.9. The number of rotatable bonds is 2. The first kappa shape index (κ1) is 15.1. The second-order valence-corrected chi connectivity index (χ2v) is 7.10. The molecule has 0 aromatic carbocycles. The quantitative estimate of drug-likeness (QED) is 0.835. The van der Waals surface area contributed by atoms with Crippen LogP contribution in [0.1, 0.15) is 56.3 Å². The predicted octanol–water partition coefficient (Wildman–Crippen LogP) is 2.34. The molecular formula is C16H22FN3O3. The maximum Gasteiger partial charge on any atom is 0.255 e. The van der Waals surface area contributed by atoms with Crippen LogP contribution in [-0.4, -0.2) is 45.8 Å². The summed E-state index contributed by atoms with van der Waals surface area (Å²) in [6.07, 6.45) is 3.38. The van der Waals surface area contributed by atoms with Crippen LogP contribution in [-0.2, 0) is 9.53 Å². The number of hydrogen-bond donors (Lipinski definition) is 0. The number of hydrogen-bond acceptors (Lipinski definition) is 5. The largest absolute Gasteiger partial charge is 0.362 e. The second kappa shape index (κ2) is 5.54. The lowest BCUT2D eigenvalue weighted by molar-refractivity contribution is -0.147. The Morgan fingerprint density at radius 3 is 2.65 bits per heavy atom. The molecule has 0 radical (unpaired) electrons. The lowest BCUT2D eigenvalue weighted by Crippen LogP contribution is -2.50. The zero-order valence-electron chi connectivity index (χ0n) is 13.3. The van der Waals surface area contributed by atoms with Crippen molar-refractivity contribution in [2.75, 3.05) is 13.1 Å². The highest BCUT2D eigenvalue weighted by Crippen LogP contribution is 2.45. The Bertz CT molecular complexity index is 591. The second-order valence-electron chi connectivity index (χ2n) is 7.10. The van der Waals surface area contributed by atoms with E-state index in [0.29, 0.717) is 37.6 Å². The Labute approximate surface area is 134 Å². The van der Waals surface area contributed by atoms with E-state index in [-0.39, 0.29) is 23.5 Å². The van der Waals surface area contributed by atoms with Gasteiger partial charge in [-0.3, -0.25) is 4.79 Å². The molecule has 6 nitrogen and oxygen atoms in total. The fraction of sp³-hybridized carbons (Fsp3) is 0.812. The smallest absolute Gasteiger partial charge is 0.255 e. The third-order valence-corrected chi connectivity index (χ3v) is 5.49. The molecule has 23 heavy (non-hydrogen) atoms. The summed E-state index contributed by atoms with van der Waals surface area (Å²) in [6, 6.07) is 0. The van der Waals surface area contributed by atoms with Gasteiger partial charge < -0.3 is 14.2 Å². The van der Waals surface area contributed by atoms with Crippen LogP contribution < -0.4 is 0 Å². The molecule has 4 rings (SSSR count). The van der Waals surface area contributed by atoms with Crippen molar-refractivity contribution in [2.45, 2.75) is 63.3 Å². The Balaban J connectivity index is 1.33. The lowest BCUT2D eigenvalue weighted by Gasteiger charge is -2.41. The minimum atomic E-state index is -0.781. The molecule has 1 unspecified atom stereocenters. The molecular weight excluding hydrogens is 301 g/mol. The molecule has 0 bridgehead atoms. The normalized spacial score (nSPS) is 33.0. The molecule has 1 saturated carbocycles. The molecule has 1 spiro atoms. The summed E-state index contributed by atoms with van der Waals surface area (Å²) >= 11 is 0. The van der Waals surface area contributed by atoms with Gasteiger partial charge in [-0.15, -0.1) is 0 Å². The summed E-state index contributed by atoms with van der Waals surface area (Å²) in [7, 11) is 0. The monoisotopic (exact) mass is 323 g/mol. The minimum absolute atomic E-state index is 0.0994. The van der Waals surface area contributed by atoms with E-state index in [2.05, 4.69) is 10.1 Å². The highest BCUT2D eigenvalue weighted by Gasteiger charge is 2.46. The SMILES string of the molecule is Cc1noc(C2CCC3(CCN(C(=O)C4CC(F)C4)CC3)O2)n1. The number of likely N-dealkylation sites (tertiary alicyclic amines) is 1. The molecule has 7 heteroatoms. The molecule has 1 aliphatic carbocycles. The van der Waals surface area contributed by atoms with Crippen LogP contribution >= 0.6 is 0 Å². The van der Waals surface area contributed by atoms with Gasteiger partial charge in [0.25, 0.3) is 5.89 Å². The van der Waals surface area contributed by atoms with E-state index in [0.717, 1.165) is 25.7 Å². The number of carbonyl (C=O) groups is 1. The molecule has 1 aromatic rings. The summed E-state index contributed by atoms with van der Waals surface area (Å²) in [5, 5.41) is 3.82.